The maximum atomic E-state index is 3.49. The molecule has 3 heteroatoms. The number of H-pyrrole nitrogens is 2. The van der Waals surface area contributed by atoms with Crippen molar-refractivity contribution in [2.75, 3.05) is 0 Å². The Hall–Kier alpha value is -1.74. The Kier molecular flexibility index (Phi) is 3.07. The van der Waals surface area contributed by atoms with E-state index in [0.717, 1.165) is 4.47 Å². The summed E-state index contributed by atoms with van der Waals surface area (Å²) in [6, 6.07) is 16.8. The Balaban J connectivity index is 2.20. The van der Waals surface area contributed by atoms with Gasteiger partial charge in [0.2, 0.25) is 0 Å². The molecule has 1 aromatic carbocycles. The van der Waals surface area contributed by atoms with Crippen LogP contribution in [0.5, 0.6) is 0 Å². The summed E-state index contributed by atoms with van der Waals surface area (Å²) in [5, 5.41) is 0. The molecule has 0 fully saturated rings. The first-order valence-corrected chi connectivity index (χ1v) is 7.04. The Morgan fingerprint density at radius 2 is 1.37 bits per heavy atom. The number of rotatable bonds is 3. The zero-order valence-corrected chi connectivity index (χ0v) is 12.2. The van der Waals surface area contributed by atoms with Gasteiger partial charge >= 0.3 is 0 Å². The highest BCUT2D eigenvalue weighted by atomic mass is 79.9. The summed E-state index contributed by atoms with van der Waals surface area (Å²) in [5.74, 6) is 0. The monoisotopic (exact) mass is 314 g/mol. The minimum Gasteiger partial charge on any atom is -0.364 e. The van der Waals surface area contributed by atoms with Crippen LogP contribution in [0.1, 0.15) is 23.9 Å². The molecule has 3 aromatic rings. The fourth-order valence-corrected chi connectivity index (χ4v) is 2.79. The van der Waals surface area contributed by atoms with Crippen LogP contribution in [0.3, 0.4) is 0 Å². The van der Waals surface area contributed by atoms with E-state index in [1.54, 1.807) is 0 Å². The van der Waals surface area contributed by atoms with E-state index in [1.807, 2.05) is 24.5 Å². The van der Waals surface area contributed by atoms with Crippen LogP contribution >= 0.6 is 15.9 Å². The molecule has 19 heavy (non-hydrogen) atoms. The van der Waals surface area contributed by atoms with Crippen LogP contribution in [0.15, 0.2) is 65.4 Å². The van der Waals surface area contributed by atoms with Crippen molar-refractivity contribution in [1.82, 2.24) is 9.97 Å². The van der Waals surface area contributed by atoms with Crippen LogP contribution in [0.25, 0.3) is 0 Å². The molecule has 0 spiro atoms. The summed E-state index contributed by atoms with van der Waals surface area (Å²) in [6.45, 7) is 2.23. The molecule has 0 saturated carbocycles. The van der Waals surface area contributed by atoms with E-state index in [1.165, 1.54) is 17.0 Å². The largest absolute Gasteiger partial charge is 0.364 e. The summed E-state index contributed by atoms with van der Waals surface area (Å²) in [7, 11) is 0. The molecule has 96 valence electrons. The van der Waals surface area contributed by atoms with E-state index in [0.29, 0.717) is 0 Å². The van der Waals surface area contributed by atoms with Crippen molar-refractivity contribution in [3.63, 3.8) is 0 Å². The highest BCUT2D eigenvalue weighted by Gasteiger charge is 2.32. The second-order valence-corrected chi connectivity index (χ2v) is 5.72. The first-order valence-electron chi connectivity index (χ1n) is 6.25. The lowest BCUT2D eigenvalue weighted by atomic mass is 9.77. The third kappa shape index (κ3) is 2.04. The molecule has 0 aliphatic heterocycles. The van der Waals surface area contributed by atoms with Crippen molar-refractivity contribution >= 4 is 15.9 Å². The van der Waals surface area contributed by atoms with Gasteiger partial charge in [0.25, 0.3) is 0 Å². The lowest BCUT2D eigenvalue weighted by molar-refractivity contribution is 0.650. The van der Waals surface area contributed by atoms with Crippen LogP contribution in [0.2, 0.25) is 0 Å². The Bertz CT molecular complexity index is 602. The molecule has 2 N–H and O–H groups in total. The third-order valence-electron chi connectivity index (χ3n) is 3.69. The van der Waals surface area contributed by atoms with Gasteiger partial charge in [-0.15, -0.1) is 0 Å². The zero-order chi connectivity index (χ0) is 13.3. The smallest absolute Gasteiger partial charge is 0.0723 e. The lowest BCUT2D eigenvalue weighted by Crippen LogP contribution is -2.26. The number of hydrogen-bond acceptors (Lipinski definition) is 0. The first-order chi connectivity index (χ1) is 9.21. The maximum Gasteiger partial charge on any atom is 0.0723 e. The molecule has 3 rings (SSSR count). The van der Waals surface area contributed by atoms with E-state index in [2.05, 4.69) is 69.2 Å². The van der Waals surface area contributed by atoms with Gasteiger partial charge in [-0.25, -0.2) is 0 Å². The summed E-state index contributed by atoms with van der Waals surface area (Å²) < 4.78 is 1.09. The quantitative estimate of drug-likeness (QED) is 0.715. The number of hydrogen-bond donors (Lipinski definition) is 2. The molecular formula is C16H15BrN2. The molecule has 0 saturated heterocycles. The molecule has 0 radical (unpaired) electrons. The van der Waals surface area contributed by atoms with Gasteiger partial charge in [-0.05, 0) is 48.9 Å². The first kappa shape index (κ1) is 12.3. The molecule has 2 heterocycles. The van der Waals surface area contributed by atoms with Crippen molar-refractivity contribution in [2.24, 2.45) is 0 Å². The highest BCUT2D eigenvalue weighted by Crippen LogP contribution is 2.37. The van der Waals surface area contributed by atoms with Crippen molar-refractivity contribution in [1.29, 1.82) is 0 Å². The van der Waals surface area contributed by atoms with Crippen LogP contribution in [0.4, 0.5) is 0 Å². The molecule has 0 unspecified atom stereocenters. The number of aromatic nitrogens is 2. The minimum atomic E-state index is -0.201. The van der Waals surface area contributed by atoms with Crippen LogP contribution in [-0.2, 0) is 5.41 Å². The fourth-order valence-electron chi connectivity index (χ4n) is 2.52. The van der Waals surface area contributed by atoms with E-state index < -0.39 is 0 Å². The van der Waals surface area contributed by atoms with Crippen LogP contribution in [-0.4, -0.2) is 9.97 Å². The summed E-state index contributed by atoms with van der Waals surface area (Å²) in [5.41, 5.74) is 3.41. The predicted molar refractivity (Wildman–Crippen MR) is 81.3 cm³/mol. The predicted octanol–water partition coefficient (Wildman–Crippen LogP) is 4.46. The summed E-state index contributed by atoms with van der Waals surface area (Å²) in [6.07, 6.45) is 3.94. The number of halogens is 1. The van der Waals surface area contributed by atoms with E-state index in [-0.39, 0.29) is 5.41 Å². The molecule has 2 nitrogen and oxygen atoms in total. The van der Waals surface area contributed by atoms with Gasteiger partial charge < -0.3 is 9.97 Å². The van der Waals surface area contributed by atoms with E-state index in [4.69, 9.17) is 0 Å². The average molecular weight is 315 g/mol. The van der Waals surface area contributed by atoms with Crippen molar-refractivity contribution in [3.8, 4) is 0 Å². The molecular weight excluding hydrogens is 300 g/mol. The molecule has 0 bridgehead atoms. The van der Waals surface area contributed by atoms with Crippen LogP contribution in [0, 0.1) is 0 Å². The number of aromatic amines is 2. The lowest BCUT2D eigenvalue weighted by Gasteiger charge is -2.29. The maximum absolute atomic E-state index is 3.49. The Morgan fingerprint density at radius 1 is 0.842 bits per heavy atom. The third-order valence-corrected chi connectivity index (χ3v) is 4.22. The average Bonchev–Trinajstić information content (AvgIpc) is 3.12. The van der Waals surface area contributed by atoms with Crippen molar-refractivity contribution in [2.45, 2.75) is 12.3 Å². The summed E-state index contributed by atoms with van der Waals surface area (Å²) >= 11 is 3.49. The fraction of sp³-hybridized carbons (Fsp3) is 0.125. The second-order valence-electron chi connectivity index (χ2n) is 4.80. The molecule has 0 aliphatic rings. The molecule has 2 aromatic heterocycles. The van der Waals surface area contributed by atoms with E-state index in [9.17, 15) is 0 Å². The highest BCUT2D eigenvalue weighted by molar-refractivity contribution is 9.10. The van der Waals surface area contributed by atoms with Crippen molar-refractivity contribution in [3.05, 3.63) is 82.3 Å². The van der Waals surface area contributed by atoms with Gasteiger partial charge in [0.15, 0.2) is 0 Å². The number of nitrogens with one attached hydrogen (secondary N) is 2. The molecule has 0 atom stereocenters. The topological polar surface area (TPSA) is 31.6 Å². The SMILES string of the molecule is CC(c1ccc(Br)cc1)(c1ccc[nH]1)c1ccc[nH]1. The Labute approximate surface area is 121 Å². The van der Waals surface area contributed by atoms with Gasteiger partial charge in [-0.2, -0.15) is 0 Å². The second kappa shape index (κ2) is 4.74. The van der Waals surface area contributed by atoms with Gasteiger partial charge in [0.05, 0.1) is 5.41 Å². The normalized spacial score (nSPS) is 11.7. The van der Waals surface area contributed by atoms with Gasteiger partial charge in [0, 0.05) is 28.3 Å². The van der Waals surface area contributed by atoms with E-state index >= 15 is 0 Å². The Morgan fingerprint density at radius 3 is 1.79 bits per heavy atom. The van der Waals surface area contributed by atoms with Gasteiger partial charge in [-0.1, -0.05) is 28.1 Å². The standard InChI is InChI=1S/C16H15BrN2/c1-16(14-4-2-10-18-14,15-5-3-11-19-15)12-6-8-13(17)9-7-12/h2-11,18-19H,1H3. The zero-order valence-electron chi connectivity index (χ0n) is 10.7. The van der Waals surface area contributed by atoms with Crippen LogP contribution < -0.4 is 0 Å². The van der Waals surface area contributed by atoms with Crippen molar-refractivity contribution < 1.29 is 0 Å². The van der Waals surface area contributed by atoms with Gasteiger partial charge in [-0.3, -0.25) is 0 Å². The number of benzene rings is 1. The molecule has 0 aliphatic carbocycles. The summed E-state index contributed by atoms with van der Waals surface area (Å²) in [4.78, 5) is 6.69. The molecule has 0 amide bonds. The minimum absolute atomic E-state index is 0.201. The van der Waals surface area contributed by atoms with Gasteiger partial charge in [0.1, 0.15) is 0 Å².